The van der Waals surface area contributed by atoms with Gasteiger partial charge in [0.05, 0.1) is 18.6 Å². The second kappa shape index (κ2) is 8.27. The molecule has 14 heteroatoms. The van der Waals surface area contributed by atoms with Crippen molar-refractivity contribution in [3.63, 3.8) is 0 Å². The Morgan fingerprint density at radius 1 is 1.09 bits per heavy atom. The van der Waals surface area contributed by atoms with E-state index in [-0.39, 0.29) is 33.9 Å². The molecule has 180 valence electrons. The van der Waals surface area contributed by atoms with Crippen molar-refractivity contribution in [2.45, 2.75) is 6.18 Å². The molecule has 0 aliphatic heterocycles. The lowest BCUT2D eigenvalue weighted by atomic mass is 10.3. The summed E-state index contributed by atoms with van der Waals surface area (Å²) in [7, 11) is 4.87. The molecule has 0 aliphatic carbocycles. The van der Waals surface area contributed by atoms with Crippen LogP contribution in [-0.4, -0.2) is 48.2 Å². The molecule has 0 saturated heterocycles. The number of aryl methyl sites for hydroxylation is 1. The Bertz CT molecular complexity index is 1560. The van der Waals surface area contributed by atoms with E-state index in [0.717, 1.165) is 6.07 Å². The van der Waals surface area contributed by atoms with Crippen molar-refractivity contribution >= 4 is 45.7 Å². The van der Waals surface area contributed by atoms with Gasteiger partial charge in [-0.25, -0.2) is 14.5 Å². The quantitative estimate of drug-likeness (QED) is 0.369. The summed E-state index contributed by atoms with van der Waals surface area (Å²) < 4.78 is 49.2. The van der Waals surface area contributed by atoms with E-state index in [1.54, 1.807) is 48.8 Å². The van der Waals surface area contributed by atoms with Gasteiger partial charge in [-0.3, -0.25) is 4.98 Å². The molecule has 0 saturated carbocycles. The predicted molar refractivity (Wildman–Crippen MR) is 123 cm³/mol. The fraction of sp³-hybridized carbons (Fsp3) is 0.190. The molecule has 10 nitrogen and oxygen atoms in total. The average Bonchev–Trinajstić information content (AvgIpc) is 3.36. The lowest BCUT2D eigenvalue weighted by Gasteiger charge is -2.16. The fourth-order valence-electron chi connectivity index (χ4n) is 3.40. The van der Waals surface area contributed by atoms with Crippen LogP contribution in [-0.2, 0) is 13.2 Å². The monoisotopic (exact) mass is 503 g/mol. The molecule has 5 aromatic heterocycles. The number of nitrogens with one attached hydrogen (secondary N) is 1. The molecule has 5 aromatic rings. The lowest BCUT2D eigenvalue weighted by Crippen LogP contribution is -2.16. The van der Waals surface area contributed by atoms with Crippen molar-refractivity contribution in [2.75, 3.05) is 24.3 Å². The maximum Gasteiger partial charge on any atom is 0.433 e. The van der Waals surface area contributed by atoms with Crippen LogP contribution >= 0.6 is 11.6 Å². The minimum atomic E-state index is -4.61. The normalized spacial score (nSPS) is 11.9. The topological polar surface area (TPSA) is 98.3 Å². The number of pyridine rings is 2. The van der Waals surface area contributed by atoms with Gasteiger partial charge in [0.1, 0.15) is 27.6 Å². The smallest absolute Gasteiger partial charge is 0.433 e. The zero-order valence-corrected chi connectivity index (χ0v) is 19.3. The van der Waals surface area contributed by atoms with Crippen LogP contribution in [0.1, 0.15) is 5.69 Å². The number of hydrogen-bond acceptors (Lipinski definition) is 8. The van der Waals surface area contributed by atoms with Crippen LogP contribution in [0.4, 0.5) is 30.6 Å². The van der Waals surface area contributed by atoms with E-state index in [2.05, 4.69) is 30.4 Å². The summed E-state index contributed by atoms with van der Waals surface area (Å²) in [6.07, 6.45) is 3.20. The lowest BCUT2D eigenvalue weighted by molar-refractivity contribution is -0.141. The molecular formula is C21H17ClF3N9O. The number of hydrogen-bond donors (Lipinski definition) is 1. The molecule has 0 atom stereocenters. The molecule has 0 radical (unpaired) electrons. The standard InChI is InChI=1S/C21H17ClF3N9O/c1-32(2)16-7-11(6-15(30-16)21(23,24)25)29-20-31-19-18(33(20)3)17(22)14(9-27-19)35-13-10-28-34-5-4-26-8-12(13)34/h4-10H,1-3H3,(H,27,29,30,31). The Morgan fingerprint density at radius 2 is 1.89 bits per heavy atom. The Kier molecular flexibility index (Phi) is 5.35. The summed E-state index contributed by atoms with van der Waals surface area (Å²) in [4.78, 5) is 17.9. The highest BCUT2D eigenvalue weighted by Crippen LogP contribution is 2.37. The van der Waals surface area contributed by atoms with Crippen LogP contribution in [0, 0.1) is 0 Å². The number of anilines is 3. The second-order valence-electron chi connectivity index (χ2n) is 7.74. The summed E-state index contributed by atoms with van der Waals surface area (Å²) in [5.41, 5.74) is 0.470. The first-order valence-electron chi connectivity index (χ1n) is 10.1. The fourth-order valence-corrected chi connectivity index (χ4v) is 3.70. The first-order chi connectivity index (χ1) is 16.6. The Morgan fingerprint density at radius 3 is 2.63 bits per heavy atom. The zero-order valence-electron chi connectivity index (χ0n) is 18.5. The van der Waals surface area contributed by atoms with Crippen LogP contribution in [0.15, 0.2) is 43.1 Å². The molecule has 35 heavy (non-hydrogen) atoms. The van der Waals surface area contributed by atoms with Gasteiger partial charge in [-0.15, -0.1) is 0 Å². The molecule has 5 heterocycles. The summed E-state index contributed by atoms with van der Waals surface area (Å²) in [5, 5.41) is 7.32. The Labute approximate surface area is 201 Å². The van der Waals surface area contributed by atoms with E-state index in [1.807, 2.05) is 0 Å². The Hall–Kier alpha value is -4.13. The highest BCUT2D eigenvalue weighted by molar-refractivity contribution is 6.36. The number of alkyl halides is 3. The second-order valence-corrected chi connectivity index (χ2v) is 8.11. The SMILES string of the molecule is CN(C)c1cc(Nc2nc3ncc(Oc4cnn5ccncc45)c(Cl)c3n2C)cc(C(F)(F)F)n1. The number of aromatic nitrogens is 7. The highest BCUT2D eigenvalue weighted by Gasteiger charge is 2.33. The van der Waals surface area contributed by atoms with Gasteiger partial charge in [0.15, 0.2) is 17.1 Å². The van der Waals surface area contributed by atoms with Crippen molar-refractivity contribution in [3.8, 4) is 11.5 Å². The first-order valence-corrected chi connectivity index (χ1v) is 10.5. The molecule has 0 unspecified atom stereocenters. The van der Waals surface area contributed by atoms with Crippen LogP contribution in [0.3, 0.4) is 0 Å². The van der Waals surface area contributed by atoms with Gasteiger partial charge in [-0.05, 0) is 6.07 Å². The number of fused-ring (bicyclic) bond motifs is 2. The van der Waals surface area contributed by atoms with Gasteiger partial charge in [0, 0.05) is 45.3 Å². The third-order valence-corrected chi connectivity index (χ3v) is 5.50. The van der Waals surface area contributed by atoms with Gasteiger partial charge in [-0.2, -0.15) is 23.3 Å². The third kappa shape index (κ3) is 4.14. The van der Waals surface area contributed by atoms with E-state index in [4.69, 9.17) is 16.3 Å². The number of imidazole rings is 1. The van der Waals surface area contributed by atoms with Crippen LogP contribution in [0.5, 0.6) is 11.5 Å². The van der Waals surface area contributed by atoms with Gasteiger partial charge in [0.25, 0.3) is 0 Å². The van der Waals surface area contributed by atoms with Crippen LogP contribution < -0.4 is 15.0 Å². The average molecular weight is 504 g/mol. The van der Waals surface area contributed by atoms with Crippen LogP contribution in [0.2, 0.25) is 5.02 Å². The molecule has 0 aliphatic rings. The maximum absolute atomic E-state index is 13.4. The minimum absolute atomic E-state index is 0.135. The van der Waals surface area contributed by atoms with E-state index in [0.29, 0.717) is 16.8 Å². The number of nitrogens with zero attached hydrogens (tertiary/aromatic N) is 8. The summed E-state index contributed by atoms with van der Waals surface area (Å²) >= 11 is 6.62. The van der Waals surface area contributed by atoms with Gasteiger partial charge in [-0.1, -0.05) is 11.6 Å². The Balaban J connectivity index is 1.52. The zero-order chi connectivity index (χ0) is 24.9. The first kappa shape index (κ1) is 22.7. The molecule has 0 bridgehead atoms. The largest absolute Gasteiger partial charge is 0.450 e. The predicted octanol–water partition coefficient (Wildman–Crippen LogP) is 4.68. The van der Waals surface area contributed by atoms with Crippen molar-refractivity contribution in [1.29, 1.82) is 0 Å². The molecule has 0 spiro atoms. The molecule has 0 fully saturated rings. The van der Waals surface area contributed by atoms with E-state index >= 15 is 0 Å². The maximum atomic E-state index is 13.4. The molecular weight excluding hydrogens is 487 g/mol. The van der Waals surface area contributed by atoms with E-state index < -0.39 is 11.9 Å². The van der Waals surface area contributed by atoms with Gasteiger partial charge >= 0.3 is 6.18 Å². The van der Waals surface area contributed by atoms with Gasteiger partial charge < -0.3 is 19.5 Å². The summed E-state index contributed by atoms with van der Waals surface area (Å²) in [6, 6.07) is 2.40. The molecule has 5 rings (SSSR count). The minimum Gasteiger partial charge on any atom is -0.450 e. The van der Waals surface area contributed by atoms with Crippen molar-refractivity contribution < 1.29 is 17.9 Å². The molecule has 1 N–H and O–H groups in total. The number of rotatable bonds is 5. The van der Waals surface area contributed by atoms with Crippen LogP contribution in [0.25, 0.3) is 16.7 Å². The van der Waals surface area contributed by atoms with E-state index in [9.17, 15) is 13.2 Å². The van der Waals surface area contributed by atoms with Gasteiger partial charge in [0.2, 0.25) is 5.95 Å². The summed E-state index contributed by atoms with van der Waals surface area (Å²) in [5.74, 6) is 1.05. The highest BCUT2D eigenvalue weighted by atomic mass is 35.5. The number of ether oxygens (including phenoxy) is 1. The number of halogens is 4. The third-order valence-electron chi connectivity index (χ3n) is 5.13. The molecule has 0 aromatic carbocycles. The van der Waals surface area contributed by atoms with Crippen molar-refractivity contribution in [1.82, 2.24) is 34.1 Å². The summed E-state index contributed by atoms with van der Waals surface area (Å²) in [6.45, 7) is 0. The van der Waals surface area contributed by atoms with E-state index in [1.165, 1.54) is 23.4 Å². The van der Waals surface area contributed by atoms with Crippen molar-refractivity contribution in [2.24, 2.45) is 7.05 Å². The van der Waals surface area contributed by atoms with Crippen molar-refractivity contribution in [3.05, 3.63) is 53.8 Å². The molecule has 0 amide bonds.